The van der Waals surface area contributed by atoms with Crippen LogP contribution in [0.2, 0.25) is 0 Å². The van der Waals surface area contributed by atoms with Gasteiger partial charge in [-0.05, 0) is 37.1 Å². The molecule has 0 radical (unpaired) electrons. The molecule has 0 saturated carbocycles. The molecule has 5 nitrogen and oxygen atoms in total. The second-order valence-electron chi connectivity index (χ2n) is 5.20. The average molecular weight is 272 g/mol. The van der Waals surface area contributed by atoms with Gasteiger partial charge in [-0.1, -0.05) is 23.8 Å². The third-order valence-electron chi connectivity index (χ3n) is 3.70. The Kier molecular flexibility index (Phi) is 3.97. The van der Waals surface area contributed by atoms with Crippen molar-refractivity contribution in [1.82, 2.24) is 20.3 Å². The summed E-state index contributed by atoms with van der Waals surface area (Å²) < 4.78 is 7.13. The zero-order valence-electron chi connectivity index (χ0n) is 11.7. The van der Waals surface area contributed by atoms with E-state index in [1.54, 1.807) is 7.11 Å². The van der Waals surface area contributed by atoms with Crippen LogP contribution < -0.4 is 10.1 Å². The lowest BCUT2D eigenvalue weighted by Gasteiger charge is -2.20. The topological polar surface area (TPSA) is 52.0 Å². The maximum atomic E-state index is 5.24. The normalized spacial score (nSPS) is 18.9. The van der Waals surface area contributed by atoms with E-state index in [4.69, 9.17) is 4.74 Å². The lowest BCUT2D eigenvalue weighted by Crippen LogP contribution is -2.27. The first kappa shape index (κ1) is 13.1. The van der Waals surface area contributed by atoms with E-state index < -0.39 is 0 Å². The lowest BCUT2D eigenvalue weighted by molar-refractivity contribution is 0.405. The standard InChI is InChI=1S/C15H20N4O/c1-20-13-6-4-5-12(9-13)10-19-11-15(17-18-19)14-7-2-3-8-16-14/h4-6,9,11,14,16H,2-3,7-8,10H2,1H3. The maximum absolute atomic E-state index is 5.24. The van der Waals surface area contributed by atoms with Gasteiger partial charge in [-0.15, -0.1) is 5.10 Å². The summed E-state index contributed by atoms with van der Waals surface area (Å²) >= 11 is 0. The predicted octanol–water partition coefficient (Wildman–Crippen LogP) is 2.15. The number of ether oxygens (including phenoxy) is 1. The van der Waals surface area contributed by atoms with E-state index in [-0.39, 0.29) is 0 Å². The van der Waals surface area contributed by atoms with Crippen molar-refractivity contribution in [2.45, 2.75) is 31.8 Å². The van der Waals surface area contributed by atoms with Crippen LogP contribution >= 0.6 is 0 Å². The summed E-state index contributed by atoms with van der Waals surface area (Å²) in [6.45, 7) is 1.80. The van der Waals surface area contributed by atoms with Crippen LogP contribution in [-0.4, -0.2) is 28.6 Å². The van der Waals surface area contributed by atoms with Gasteiger partial charge in [-0.2, -0.15) is 0 Å². The Morgan fingerprint density at radius 1 is 1.40 bits per heavy atom. The van der Waals surface area contributed by atoms with Crippen molar-refractivity contribution in [1.29, 1.82) is 0 Å². The molecule has 1 atom stereocenters. The summed E-state index contributed by atoms with van der Waals surface area (Å²) in [5, 5.41) is 12.0. The van der Waals surface area contributed by atoms with Crippen LogP contribution in [0, 0.1) is 0 Å². The minimum absolute atomic E-state index is 0.364. The number of hydrogen-bond donors (Lipinski definition) is 1. The summed E-state index contributed by atoms with van der Waals surface area (Å²) in [6.07, 6.45) is 5.72. The van der Waals surface area contributed by atoms with Crippen molar-refractivity contribution in [3.05, 3.63) is 41.7 Å². The zero-order chi connectivity index (χ0) is 13.8. The second-order valence-corrected chi connectivity index (χ2v) is 5.20. The van der Waals surface area contributed by atoms with E-state index in [0.717, 1.165) is 36.5 Å². The molecule has 3 rings (SSSR count). The van der Waals surface area contributed by atoms with Gasteiger partial charge in [0.15, 0.2) is 0 Å². The first-order valence-corrected chi connectivity index (χ1v) is 7.11. The molecule has 1 fully saturated rings. The largest absolute Gasteiger partial charge is 0.497 e. The lowest BCUT2D eigenvalue weighted by atomic mass is 10.0. The number of piperidine rings is 1. The van der Waals surface area contributed by atoms with Crippen LogP contribution in [0.3, 0.4) is 0 Å². The Hall–Kier alpha value is -1.88. The quantitative estimate of drug-likeness (QED) is 0.926. The van der Waals surface area contributed by atoms with Gasteiger partial charge in [0.05, 0.1) is 31.6 Å². The van der Waals surface area contributed by atoms with Gasteiger partial charge in [0, 0.05) is 0 Å². The first-order valence-electron chi connectivity index (χ1n) is 7.11. The Morgan fingerprint density at radius 3 is 3.15 bits per heavy atom. The van der Waals surface area contributed by atoms with Gasteiger partial charge >= 0.3 is 0 Å². The second kappa shape index (κ2) is 6.05. The van der Waals surface area contributed by atoms with E-state index in [9.17, 15) is 0 Å². The SMILES string of the molecule is COc1cccc(Cn2cc(C3CCCCN3)nn2)c1. The maximum Gasteiger partial charge on any atom is 0.119 e. The van der Waals surface area contributed by atoms with E-state index in [1.165, 1.54) is 12.8 Å². The monoisotopic (exact) mass is 272 g/mol. The van der Waals surface area contributed by atoms with Crippen molar-refractivity contribution in [3.8, 4) is 5.75 Å². The zero-order valence-corrected chi connectivity index (χ0v) is 11.7. The van der Waals surface area contributed by atoms with Crippen molar-refractivity contribution >= 4 is 0 Å². The highest BCUT2D eigenvalue weighted by molar-refractivity contribution is 5.28. The average Bonchev–Trinajstić information content (AvgIpc) is 2.97. The van der Waals surface area contributed by atoms with E-state index in [2.05, 4.69) is 21.7 Å². The molecular formula is C15H20N4O. The van der Waals surface area contributed by atoms with Gasteiger partial charge in [0.25, 0.3) is 0 Å². The molecule has 1 aliphatic heterocycles. The molecule has 1 aliphatic rings. The Morgan fingerprint density at radius 2 is 2.35 bits per heavy atom. The number of nitrogens with one attached hydrogen (secondary N) is 1. The summed E-state index contributed by atoms with van der Waals surface area (Å²) in [5.41, 5.74) is 2.21. The highest BCUT2D eigenvalue weighted by Crippen LogP contribution is 2.21. The minimum Gasteiger partial charge on any atom is -0.497 e. The molecule has 0 spiro atoms. The molecule has 2 heterocycles. The first-order chi connectivity index (χ1) is 9.85. The van der Waals surface area contributed by atoms with Gasteiger partial charge in [0.2, 0.25) is 0 Å². The number of aromatic nitrogens is 3. The number of rotatable bonds is 4. The summed E-state index contributed by atoms with van der Waals surface area (Å²) in [5.74, 6) is 0.872. The predicted molar refractivity (Wildman–Crippen MR) is 76.7 cm³/mol. The van der Waals surface area contributed by atoms with Crippen LogP contribution in [0.5, 0.6) is 5.75 Å². The van der Waals surface area contributed by atoms with E-state index in [1.807, 2.05) is 29.1 Å². The smallest absolute Gasteiger partial charge is 0.119 e. The van der Waals surface area contributed by atoms with Crippen molar-refractivity contribution in [2.24, 2.45) is 0 Å². The fraction of sp³-hybridized carbons (Fsp3) is 0.467. The van der Waals surface area contributed by atoms with Gasteiger partial charge in [-0.3, -0.25) is 0 Å². The highest BCUT2D eigenvalue weighted by atomic mass is 16.5. The number of methoxy groups -OCH3 is 1. The fourth-order valence-electron chi connectivity index (χ4n) is 2.61. The minimum atomic E-state index is 0.364. The van der Waals surface area contributed by atoms with Crippen LogP contribution in [-0.2, 0) is 6.54 Å². The van der Waals surface area contributed by atoms with Crippen molar-refractivity contribution in [2.75, 3.05) is 13.7 Å². The fourth-order valence-corrected chi connectivity index (χ4v) is 2.61. The molecule has 106 valence electrons. The summed E-state index contributed by atoms with van der Waals surface area (Å²) in [6, 6.07) is 8.41. The highest BCUT2D eigenvalue weighted by Gasteiger charge is 2.17. The summed E-state index contributed by atoms with van der Waals surface area (Å²) in [7, 11) is 1.68. The van der Waals surface area contributed by atoms with Gasteiger partial charge < -0.3 is 10.1 Å². The van der Waals surface area contributed by atoms with Crippen molar-refractivity contribution < 1.29 is 4.74 Å². The van der Waals surface area contributed by atoms with E-state index >= 15 is 0 Å². The molecule has 5 heteroatoms. The summed E-state index contributed by atoms with van der Waals surface area (Å²) in [4.78, 5) is 0. The molecule has 1 aromatic carbocycles. The number of benzene rings is 1. The van der Waals surface area contributed by atoms with Crippen LogP contribution in [0.25, 0.3) is 0 Å². The Labute approximate surface area is 118 Å². The Bertz CT molecular complexity index is 561. The van der Waals surface area contributed by atoms with Crippen LogP contribution in [0.4, 0.5) is 0 Å². The molecule has 1 saturated heterocycles. The Balaban J connectivity index is 1.70. The molecule has 2 aromatic rings. The molecule has 0 bridgehead atoms. The van der Waals surface area contributed by atoms with Crippen LogP contribution in [0.1, 0.15) is 36.6 Å². The molecule has 0 aliphatic carbocycles. The molecule has 0 amide bonds. The molecule has 20 heavy (non-hydrogen) atoms. The number of hydrogen-bond acceptors (Lipinski definition) is 4. The molecule has 1 unspecified atom stereocenters. The molecule has 1 aromatic heterocycles. The third-order valence-corrected chi connectivity index (χ3v) is 3.70. The third kappa shape index (κ3) is 2.99. The van der Waals surface area contributed by atoms with Gasteiger partial charge in [0.1, 0.15) is 5.75 Å². The van der Waals surface area contributed by atoms with Crippen LogP contribution in [0.15, 0.2) is 30.5 Å². The molecular weight excluding hydrogens is 252 g/mol. The molecule has 1 N–H and O–H groups in total. The van der Waals surface area contributed by atoms with E-state index in [0.29, 0.717) is 6.04 Å². The number of nitrogens with zero attached hydrogens (tertiary/aromatic N) is 3. The van der Waals surface area contributed by atoms with Crippen molar-refractivity contribution in [3.63, 3.8) is 0 Å². The van der Waals surface area contributed by atoms with Gasteiger partial charge in [-0.25, -0.2) is 4.68 Å².